The summed E-state index contributed by atoms with van der Waals surface area (Å²) in [5.41, 5.74) is 22.2. The van der Waals surface area contributed by atoms with Crippen molar-refractivity contribution in [3.63, 3.8) is 0 Å². The van der Waals surface area contributed by atoms with Crippen LogP contribution in [0.3, 0.4) is 0 Å². The van der Waals surface area contributed by atoms with Gasteiger partial charge in [-0.2, -0.15) is 0 Å². The van der Waals surface area contributed by atoms with Gasteiger partial charge in [0, 0.05) is 24.3 Å². The Morgan fingerprint density at radius 2 is 1.88 bits per heavy atom. The van der Waals surface area contributed by atoms with E-state index >= 15 is 0 Å². The molecule has 1 aromatic rings. The van der Waals surface area contributed by atoms with E-state index in [9.17, 15) is 0 Å². The molecule has 1 aliphatic rings. The van der Waals surface area contributed by atoms with Gasteiger partial charge in [0.2, 0.25) is 0 Å². The van der Waals surface area contributed by atoms with Crippen molar-refractivity contribution < 1.29 is 0 Å². The Bertz CT molecular complexity index is 600. The highest BCUT2D eigenvalue weighted by Gasteiger charge is 2.22. The van der Waals surface area contributed by atoms with Crippen LogP contribution in [0.2, 0.25) is 0 Å². The van der Waals surface area contributed by atoms with Crippen LogP contribution in [-0.2, 0) is 0 Å². The summed E-state index contributed by atoms with van der Waals surface area (Å²) < 4.78 is 0. The summed E-state index contributed by atoms with van der Waals surface area (Å²) in [4.78, 5) is 2.45. The van der Waals surface area contributed by atoms with Crippen molar-refractivity contribution in [2.24, 2.45) is 17.4 Å². The maximum atomic E-state index is 6.11. The fraction of sp³-hybridized carbons (Fsp3) is 0.619. The Hall–Kier alpha value is -1.40. The van der Waals surface area contributed by atoms with E-state index in [-0.39, 0.29) is 0 Å². The van der Waals surface area contributed by atoms with Crippen LogP contribution in [0.1, 0.15) is 44.7 Å². The zero-order valence-corrected chi connectivity index (χ0v) is 16.8. The van der Waals surface area contributed by atoms with Crippen molar-refractivity contribution in [2.45, 2.75) is 58.8 Å². The van der Waals surface area contributed by atoms with Crippen LogP contribution in [0.5, 0.6) is 0 Å². The first-order chi connectivity index (χ1) is 12.3. The Labute approximate surface area is 159 Å². The van der Waals surface area contributed by atoms with E-state index in [4.69, 9.17) is 17.2 Å². The van der Waals surface area contributed by atoms with Gasteiger partial charge in [0.05, 0.1) is 6.17 Å². The normalized spacial score (nSPS) is 18.7. The summed E-state index contributed by atoms with van der Waals surface area (Å²) in [6.07, 6.45) is 3.93. The summed E-state index contributed by atoms with van der Waals surface area (Å²) in [7, 11) is 0. The second kappa shape index (κ2) is 9.51. The minimum Gasteiger partial charge on any atom is -0.398 e. The molecule has 0 bridgehead atoms. The van der Waals surface area contributed by atoms with Crippen LogP contribution in [-0.4, -0.2) is 42.8 Å². The highest BCUT2D eigenvalue weighted by molar-refractivity contribution is 5.67. The highest BCUT2D eigenvalue weighted by Crippen LogP contribution is 2.20. The van der Waals surface area contributed by atoms with Crippen molar-refractivity contribution in [1.82, 2.24) is 10.2 Å². The first-order valence-corrected chi connectivity index (χ1v) is 9.82. The number of hydrogen-bond donors (Lipinski definition) is 4. The number of piperidine rings is 1. The lowest BCUT2D eigenvalue weighted by atomic mass is 9.99. The molecule has 0 aliphatic carbocycles. The summed E-state index contributed by atoms with van der Waals surface area (Å²) in [6, 6.07) is 7.21. The lowest BCUT2D eigenvalue weighted by Gasteiger charge is -2.35. The fourth-order valence-electron chi connectivity index (χ4n) is 3.35. The summed E-state index contributed by atoms with van der Waals surface area (Å²) in [5.74, 6) is 0.664. The fourth-order valence-corrected chi connectivity index (χ4v) is 3.35. The molecule has 1 aliphatic heterocycles. The molecule has 0 radical (unpaired) electrons. The van der Waals surface area contributed by atoms with Crippen molar-refractivity contribution >= 4 is 11.8 Å². The molecular formula is C21H37N5. The molecule has 1 aromatic carbocycles. The smallest absolute Gasteiger partial charge is 0.0759 e. The maximum absolute atomic E-state index is 6.11. The average molecular weight is 360 g/mol. The minimum atomic E-state index is -0.466. The number of hydrogen-bond acceptors (Lipinski definition) is 5. The Morgan fingerprint density at radius 3 is 2.46 bits per heavy atom. The highest BCUT2D eigenvalue weighted by atomic mass is 15.1. The van der Waals surface area contributed by atoms with Crippen molar-refractivity contribution in [2.75, 3.05) is 25.4 Å². The zero-order chi connectivity index (χ0) is 19.3. The summed E-state index contributed by atoms with van der Waals surface area (Å²) in [5, 5.41) is 3.76. The van der Waals surface area contributed by atoms with Gasteiger partial charge in [-0.3, -0.25) is 4.90 Å². The SMILES string of the molecule is Cc1ccc(N)c(/C=C(\CN2CCC(N[C@H](C)C(C)C)CC2)C(N)N)c1. The van der Waals surface area contributed by atoms with E-state index in [0.717, 1.165) is 49.3 Å². The number of aryl methyl sites for hydroxylation is 1. The van der Waals surface area contributed by atoms with E-state index in [0.29, 0.717) is 18.0 Å². The number of nitrogen functional groups attached to an aromatic ring is 1. The molecule has 146 valence electrons. The van der Waals surface area contributed by atoms with E-state index < -0.39 is 6.17 Å². The van der Waals surface area contributed by atoms with Crippen molar-refractivity contribution in [3.8, 4) is 0 Å². The van der Waals surface area contributed by atoms with E-state index in [1.54, 1.807) is 0 Å². The molecule has 1 fully saturated rings. The number of nitrogens with two attached hydrogens (primary N) is 3. The van der Waals surface area contributed by atoms with Gasteiger partial charge in [0.1, 0.15) is 0 Å². The third-order valence-electron chi connectivity index (χ3n) is 5.50. The quantitative estimate of drug-likeness (QED) is 0.443. The van der Waals surface area contributed by atoms with Gasteiger partial charge in [-0.05, 0) is 75.0 Å². The summed E-state index contributed by atoms with van der Waals surface area (Å²) in [6.45, 7) is 11.8. The molecule has 1 atom stereocenters. The van der Waals surface area contributed by atoms with Gasteiger partial charge < -0.3 is 22.5 Å². The molecule has 0 aromatic heterocycles. The van der Waals surface area contributed by atoms with Crippen LogP contribution in [0.15, 0.2) is 23.8 Å². The topological polar surface area (TPSA) is 93.3 Å². The maximum Gasteiger partial charge on any atom is 0.0759 e. The molecule has 1 heterocycles. The van der Waals surface area contributed by atoms with E-state index in [1.807, 2.05) is 12.1 Å². The largest absolute Gasteiger partial charge is 0.398 e. The predicted octanol–water partition coefficient (Wildman–Crippen LogP) is 2.30. The van der Waals surface area contributed by atoms with Gasteiger partial charge in [0.25, 0.3) is 0 Å². The third-order valence-corrected chi connectivity index (χ3v) is 5.50. The number of nitrogens with zero attached hydrogens (tertiary/aromatic N) is 1. The molecule has 0 saturated carbocycles. The van der Waals surface area contributed by atoms with Gasteiger partial charge in [0.15, 0.2) is 0 Å². The second-order valence-corrected chi connectivity index (χ2v) is 8.13. The van der Waals surface area contributed by atoms with Gasteiger partial charge in [-0.1, -0.05) is 25.5 Å². The Balaban J connectivity index is 1.97. The standard InChI is InChI=1S/C21H37N5/c1-14(2)16(4)25-19-7-9-26(10-8-19)13-18(21(23)24)12-17-11-15(3)5-6-20(17)22/h5-6,11-12,14,16,19,21,25H,7-10,13,22-24H2,1-4H3/b18-12+/t16-/m1/s1. The monoisotopic (exact) mass is 359 g/mol. The minimum absolute atomic E-state index is 0.466. The molecule has 1 saturated heterocycles. The van der Waals surface area contributed by atoms with Crippen molar-refractivity contribution in [3.05, 3.63) is 34.9 Å². The van der Waals surface area contributed by atoms with Crippen molar-refractivity contribution in [1.29, 1.82) is 0 Å². The first kappa shape index (κ1) is 20.9. The van der Waals surface area contributed by atoms with Crippen LogP contribution in [0, 0.1) is 12.8 Å². The average Bonchev–Trinajstić information content (AvgIpc) is 2.58. The third kappa shape index (κ3) is 6.09. The van der Waals surface area contributed by atoms with Crippen LogP contribution in [0.25, 0.3) is 6.08 Å². The number of likely N-dealkylation sites (tertiary alicyclic amines) is 1. The van der Waals surface area contributed by atoms with Gasteiger partial charge in [-0.15, -0.1) is 0 Å². The zero-order valence-electron chi connectivity index (χ0n) is 16.8. The molecule has 5 heteroatoms. The number of benzene rings is 1. The van der Waals surface area contributed by atoms with Gasteiger partial charge in [-0.25, -0.2) is 0 Å². The molecule has 5 nitrogen and oxygen atoms in total. The number of rotatable bonds is 7. The predicted molar refractivity (Wildman–Crippen MR) is 113 cm³/mol. The van der Waals surface area contributed by atoms with Gasteiger partial charge >= 0.3 is 0 Å². The molecule has 0 amide bonds. The second-order valence-electron chi connectivity index (χ2n) is 8.13. The molecule has 0 unspecified atom stereocenters. The lowest BCUT2D eigenvalue weighted by molar-refractivity contribution is 0.196. The molecular weight excluding hydrogens is 322 g/mol. The van der Waals surface area contributed by atoms with E-state index in [2.05, 4.69) is 50.1 Å². The van der Waals surface area contributed by atoms with Crippen LogP contribution < -0.4 is 22.5 Å². The molecule has 26 heavy (non-hydrogen) atoms. The Morgan fingerprint density at radius 1 is 1.23 bits per heavy atom. The van der Waals surface area contributed by atoms with Crippen LogP contribution in [0.4, 0.5) is 5.69 Å². The lowest BCUT2D eigenvalue weighted by Crippen LogP contribution is -2.48. The molecule has 0 spiro atoms. The Kier molecular flexibility index (Phi) is 7.65. The molecule has 2 rings (SSSR count). The number of nitrogens with one attached hydrogen (secondary N) is 1. The summed E-state index contributed by atoms with van der Waals surface area (Å²) >= 11 is 0. The molecule has 7 N–H and O–H groups in total. The van der Waals surface area contributed by atoms with Crippen LogP contribution >= 0.6 is 0 Å². The first-order valence-electron chi connectivity index (χ1n) is 9.82. The number of anilines is 1. The van der Waals surface area contributed by atoms with E-state index in [1.165, 1.54) is 5.56 Å².